The monoisotopic (exact) mass is 500 g/mol. The number of aromatic nitrogens is 2. The van der Waals surface area contributed by atoms with Gasteiger partial charge < -0.3 is 14.8 Å². The highest BCUT2D eigenvalue weighted by molar-refractivity contribution is 6.42. The molecule has 0 radical (unpaired) electrons. The Hall–Kier alpha value is -2.99. The number of nitrogens with zero attached hydrogens (tertiary/aromatic N) is 1. The van der Waals surface area contributed by atoms with E-state index in [-0.39, 0.29) is 6.42 Å². The average Bonchev–Trinajstić information content (AvgIpc) is 3.24. The zero-order chi connectivity index (χ0) is 23.5. The third-order valence-electron chi connectivity index (χ3n) is 5.29. The Labute approximate surface area is 205 Å². The van der Waals surface area contributed by atoms with Gasteiger partial charge in [-0.3, -0.25) is 4.79 Å². The van der Waals surface area contributed by atoms with E-state index in [1.807, 2.05) is 30.3 Å². The van der Waals surface area contributed by atoms with Crippen molar-refractivity contribution in [3.63, 3.8) is 0 Å². The second kappa shape index (κ2) is 9.87. The summed E-state index contributed by atoms with van der Waals surface area (Å²) >= 11 is 18.3. The summed E-state index contributed by atoms with van der Waals surface area (Å²) in [6.07, 6.45) is 0.168. The number of carboxylic acids is 1. The van der Waals surface area contributed by atoms with Crippen molar-refractivity contribution in [2.75, 3.05) is 7.11 Å². The second-order valence-electron chi connectivity index (χ2n) is 7.41. The van der Waals surface area contributed by atoms with Crippen LogP contribution in [0.15, 0.2) is 66.7 Å². The van der Waals surface area contributed by atoms with Crippen molar-refractivity contribution in [2.24, 2.45) is 0 Å². The zero-order valence-corrected chi connectivity index (χ0v) is 19.7. The molecule has 1 atom stereocenters. The highest BCUT2D eigenvalue weighted by Crippen LogP contribution is 2.35. The van der Waals surface area contributed by atoms with E-state index in [0.29, 0.717) is 32.1 Å². The van der Waals surface area contributed by atoms with Crippen molar-refractivity contribution in [1.29, 1.82) is 0 Å². The minimum atomic E-state index is -0.948. The molecule has 0 amide bonds. The third-order valence-corrected chi connectivity index (χ3v) is 6.28. The number of halogens is 3. The van der Waals surface area contributed by atoms with Gasteiger partial charge in [0.1, 0.15) is 11.6 Å². The minimum absolute atomic E-state index is 0.168. The van der Waals surface area contributed by atoms with Crippen molar-refractivity contribution in [3.8, 4) is 28.3 Å². The van der Waals surface area contributed by atoms with Gasteiger partial charge in [0.25, 0.3) is 0 Å². The predicted molar refractivity (Wildman–Crippen MR) is 132 cm³/mol. The van der Waals surface area contributed by atoms with E-state index in [1.54, 1.807) is 43.5 Å². The maximum Gasteiger partial charge on any atom is 0.311 e. The van der Waals surface area contributed by atoms with Crippen LogP contribution in [0.2, 0.25) is 15.1 Å². The van der Waals surface area contributed by atoms with E-state index in [0.717, 1.165) is 22.6 Å². The summed E-state index contributed by atoms with van der Waals surface area (Å²) in [5.74, 6) is -0.484. The molecular weight excluding hydrogens is 483 g/mol. The number of ether oxygens (including phenoxy) is 1. The number of benzene rings is 3. The molecular formula is C25H19Cl3N2O3. The standard InChI is InChI=1S/C25H19Cl3N2O3/c1-33-18-9-4-15(5-10-18)23-24(16-6-11-20(27)21(28)12-16)30-22(29-23)13-19(25(31)32)14-2-7-17(26)8-3-14/h2-12,19H,13H2,1H3,(H,29,30)(H,31,32). The normalized spacial score (nSPS) is 11.9. The van der Waals surface area contributed by atoms with Crippen LogP contribution < -0.4 is 4.74 Å². The van der Waals surface area contributed by atoms with Crippen LogP contribution in [0.4, 0.5) is 0 Å². The molecule has 0 aliphatic heterocycles. The van der Waals surface area contributed by atoms with Gasteiger partial charge in [-0.1, -0.05) is 53.0 Å². The molecule has 1 heterocycles. The largest absolute Gasteiger partial charge is 0.497 e. The molecule has 0 aliphatic carbocycles. The van der Waals surface area contributed by atoms with Gasteiger partial charge in [0.2, 0.25) is 0 Å². The van der Waals surface area contributed by atoms with E-state index in [2.05, 4.69) is 4.98 Å². The fourth-order valence-electron chi connectivity index (χ4n) is 3.57. The summed E-state index contributed by atoms with van der Waals surface area (Å²) in [4.78, 5) is 20.1. The van der Waals surface area contributed by atoms with Gasteiger partial charge in [-0.25, -0.2) is 4.98 Å². The first-order valence-electron chi connectivity index (χ1n) is 10.0. The van der Waals surface area contributed by atoms with E-state index >= 15 is 0 Å². The number of hydrogen-bond acceptors (Lipinski definition) is 3. The average molecular weight is 502 g/mol. The predicted octanol–water partition coefficient (Wildman–Crippen LogP) is 7.12. The lowest BCUT2D eigenvalue weighted by Gasteiger charge is -2.11. The maximum absolute atomic E-state index is 12.1. The molecule has 168 valence electrons. The van der Waals surface area contributed by atoms with Crippen LogP contribution in [-0.2, 0) is 11.2 Å². The highest BCUT2D eigenvalue weighted by Gasteiger charge is 2.24. The van der Waals surface area contributed by atoms with E-state index in [4.69, 9.17) is 44.5 Å². The van der Waals surface area contributed by atoms with Crippen molar-refractivity contribution in [3.05, 3.63) is 93.2 Å². The van der Waals surface area contributed by atoms with Crippen LogP contribution >= 0.6 is 34.8 Å². The number of aliphatic carboxylic acids is 1. The quantitative estimate of drug-likeness (QED) is 0.283. The molecule has 0 fully saturated rings. The number of rotatable bonds is 7. The Morgan fingerprint density at radius 3 is 2.24 bits per heavy atom. The molecule has 1 aromatic heterocycles. The van der Waals surface area contributed by atoms with Crippen LogP contribution in [0.5, 0.6) is 5.75 Å². The Balaban J connectivity index is 1.78. The van der Waals surface area contributed by atoms with Gasteiger partial charge in [-0.05, 0) is 54.1 Å². The number of aromatic amines is 1. The number of nitrogens with one attached hydrogen (secondary N) is 1. The molecule has 4 aromatic rings. The van der Waals surface area contributed by atoms with Gasteiger partial charge in [0.15, 0.2) is 0 Å². The molecule has 0 saturated carbocycles. The molecule has 2 N–H and O–H groups in total. The number of carboxylic acid groups (broad SMARTS) is 1. The highest BCUT2D eigenvalue weighted by atomic mass is 35.5. The molecule has 0 saturated heterocycles. The summed E-state index contributed by atoms with van der Waals surface area (Å²) in [5, 5.41) is 11.3. The SMILES string of the molecule is COc1ccc(-c2[nH]c(CC(C(=O)O)c3ccc(Cl)cc3)nc2-c2ccc(Cl)c(Cl)c2)cc1. The topological polar surface area (TPSA) is 75.2 Å². The number of imidazole rings is 1. The first-order chi connectivity index (χ1) is 15.9. The smallest absolute Gasteiger partial charge is 0.311 e. The molecule has 0 aliphatic rings. The van der Waals surface area contributed by atoms with Crippen LogP contribution in [0, 0.1) is 0 Å². The first-order valence-corrected chi connectivity index (χ1v) is 11.2. The number of hydrogen-bond donors (Lipinski definition) is 2. The van der Waals surface area contributed by atoms with Crippen LogP contribution in [0.3, 0.4) is 0 Å². The van der Waals surface area contributed by atoms with Gasteiger partial charge >= 0.3 is 5.97 Å². The number of carbonyl (C=O) groups is 1. The molecule has 0 bridgehead atoms. The van der Waals surface area contributed by atoms with Crippen molar-refractivity contribution in [2.45, 2.75) is 12.3 Å². The Kier molecular flexibility index (Phi) is 6.94. The maximum atomic E-state index is 12.1. The van der Waals surface area contributed by atoms with E-state index < -0.39 is 11.9 Å². The van der Waals surface area contributed by atoms with Crippen LogP contribution in [0.25, 0.3) is 22.5 Å². The molecule has 5 nitrogen and oxygen atoms in total. The summed E-state index contributed by atoms with van der Waals surface area (Å²) in [7, 11) is 1.60. The van der Waals surface area contributed by atoms with E-state index in [9.17, 15) is 9.90 Å². The Morgan fingerprint density at radius 1 is 0.970 bits per heavy atom. The van der Waals surface area contributed by atoms with E-state index in [1.165, 1.54) is 0 Å². The fourth-order valence-corrected chi connectivity index (χ4v) is 4.00. The molecule has 33 heavy (non-hydrogen) atoms. The van der Waals surface area contributed by atoms with Crippen LogP contribution in [-0.4, -0.2) is 28.2 Å². The summed E-state index contributed by atoms with van der Waals surface area (Å²) in [6.45, 7) is 0. The van der Waals surface area contributed by atoms with Crippen LogP contribution in [0.1, 0.15) is 17.3 Å². The summed E-state index contributed by atoms with van der Waals surface area (Å²) in [5.41, 5.74) is 3.66. The minimum Gasteiger partial charge on any atom is -0.497 e. The molecule has 3 aromatic carbocycles. The van der Waals surface area contributed by atoms with Gasteiger partial charge in [-0.15, -0.1) is 0 Å². The number of H-pyrrole nitrogens is 1. The van der Waals surface area contributed by atoms with Crippen molar-refractivity contribution in [1.82, 2.24) is 9.97 Å². The van der Waals surface area contributed by atoms with Gasteiger partial charge in [-0.2, -0.15) is 0 Å². The number of methoxy groups -OCH3 is 1. The lowest BCUT2D eigenvalue weighted by molar-refractivity contribution is -0.138. The van der Waals surface area contributed by atoms with Gasteiger partial charge in [0, 0.05) is 22.6 Å². The second-order valence-corrected chi connectivity index (χ2v) is 8.66. The molecule has 1 unspecified atom stereocenters. The van der Waals surface area contributed by atoms with Crippen molar-refractivity contribution < 1.29 is 14.6 Å². The lowest BCUT2D eigenvalue weighted by atomic mass is 9.95. The zero-order valence-electron chi connectivity index (χ0n) is 17.5. The molecule has 8 heteroatoms. The Bertz CT molecular complexity index is 1290. The molecule has 4 rings (SSSR count). The lowest BCUT2D eigenvalue weighted by Crippen LogP contribution is -2.15. The molecule has 0 spiro atoms. The third kappa shape index (κ3) is 5.17. The summed E-state index contributed by atoms with van der Waals surface area (Å²) < 4.78 is 5.26. The summed E-state index contributed by atoms with van der Waals surface area (Å²) in [6, 6.07) is 19.6. The fraction of sp³-hybridized carbons (Fsp3) is 0.120. The van der Waals surface area contributed by atoms with Gasteiger partial charge in [0.05, 0.1) is 34.5 Å². The first kappa shape index (κ1) is 23.2. The Morgan fingerprint density at radius 2 is 1.64 bits per heavy atom. The van der Waals surface area contributed by atoms with Crippen molar-refractivity contribution >= 4 is 40.8 Å².